The SMILES string of the molecule is CC1(C)c2ccccc2-c2ccc(N(c3ccc(-c4ccc5c(c4)oc4ccccc45)cc3)c3ccc4c(c3)C(c3ccccc3)(c3ccc(-c5cccc6c5oc5ccccc56)cc3)c3ccccc3-4)cc21. The highest BCUT2D eigenvalue weighted by Gasteiger charge is 2.46. The van der Waals surface area contributed by atoms with Crippen LogP contribution in [0.2, 0.25) is 0 Å². The molecule has 2 aliphatic rings. The van der Waals surface area contributed by atoms with E-state index in [1.807, 2.05) is 18.2 Å². The summed E-state index contributed by atoms with van der Waals surface area (Å²) in [6.45, 7) is 4.73. The number of nitrogens with zero attached hydrogens (tertiary/aromatic N) is 1. The van der Waals surface area contributed by atoms with Gasteiger partial charge in [0.1, 0.15) is 22.3 Å². The van der Waals surface area contributed by atoms with E-state index in [1.165, 1.54) is 55.6 Å². The van der Waals surface area contributed by atoms with Crippen molar-refractivity contribution in [2.75, 3.05) is 4.90 Å². The Kier molecular flexibility index (Phi) is 8.92. The van der Waals surface area contributed by atoms with Crippen molar-refractivity contribution in [3.05, 3.63) is 282 Å². The van der Waals surface area contributed by atoms with E-state index in [4.69, 9.17) is 8.83 Å². The number of hydrogen-bond donors (Lipinski definition) is 0. The van der Waals surface area contributed by atoms with Crippen LogP contribution in [0.15, 0.2) is 258 Å². The van der Waals surface area contributed by atoms with E-state index in [2.05, 4.69) is 249 Å². The first-order valence-electron chi connectivity index (χ1n) is 25.3. The molecule has 0 aliphatic heterocycles. The Hall–Kier alpha value is -9.18. The highest BCUT2D eigenvalue weighted by atomic mass is 16.3. The first-order valence-corrected chi connectivity index (χ1v) is 25.3. The fraction of sp³-hybridized carbons (Fsp3) is 0.0571. The lowest BCUT2D eigenvalue weighted by Crippen LogP contribution is -2.28. The lowest BCUT2D eigenvalue weighted by Gasteiger charge is -2.35. The average molecular weight is 934 g/mol. The minimum atomic E-state index is -0.626. The van der Waals surface area contributed by atoms with Crippen LogP contribution in [0, 0.1) is 0 Å². The van der Waals surface area contributed by atoms with E-state index in [0.29, 0.717) is 0 Å². The zero-order valence-electron chi connectivity index (χ0n) is 40.4. The molecule has 0 amide bonds. The largest absolute Gasteiger partial charge is 0.456 e. The first-order chi connectivity index (χ1) is 35.9. The number of anilines is 3. The third-order valence-electron chi connectivity index (χ3n) is 16.2. The Morgan fingerprint density at radius 2 is 0.808 bits per heavy atom. The summed E-state index contributed by atoms with van der Waals surface area (Å²) in [6, 6.07) is 91.3. The Balaban J connectivity index is 0.912. The molecule has 2 heterocycles. The van der Waals surface area contributed by atoms with Gasteiger partial charge in [0.25, 0.3) is 0 Å². The van der Waals surface area contributed by atoms with Gasteiger partial charge in [0.05, 0.1) is 5.41 Å². The molecule has 0 saturated carbocycles. The van der Waals surface area contributed by atoms with Crippen molar-refractivity contribution in [2.24, 2.45) is 0 Å². The van der Waals surface area contributed by atoms with E-state index < -0.39 is 5.41 Å². The molecule has 2 aliphatic carbocycles. The number of fused-ring (bicyclic) bond motifs is 12. The second-order valence-corrected chi connectivity index (χ2v) is 20.3. The summed E-state index contributed by atoms with van der Waals surface area (Å²) >= 11 is 0. The van der Waals surface area contributed by atoms with Crippen LogP contribution in [0.5, 0.6) is 0 Å². The van der Waals surface area contributed by atoms with Crippen molar-refractivity contribution >= 4 is 60.9 Å². The molecule has 0 bridgehead atoms. The third-order valence-corrected chi connectivity index (χ3v) is 16.2. The molecule has 0 saturated heterocycles. The average Bonchev–Trinajstić information content (AvgIpc) is 4.17. The smallest absolute Gasteiger partial charge is 0.143 e. The highest BCUT2D eigenvalue weighted by molar-refractivity contribution is 6.10. The molecule has 3 heteroatoms. The van der Waals surface area contributed by atoms with Gasteiger partial charge in [0.2, 0.25) is 0 Å². The zero-order chi connectivity index (χ0) is 48.4. The lowest BCUT2D eigenvalue weighted by molar-refractivity contribution is 0.660. The van der Waals surface area contributed by atoms with Gasteiger partial charge in [-0.15, -0.1) is 0 Å². The summed E-state index contributed by atoms with van der Waals surface area (Å²) in [7, 11) is 0. The number of hydrogen-bond acceptors (Lipinski definition) is 3. The minimum Gasteiger partial charge on any atom is -0.456 e. The molecule has 3 nitrogen and oxygen atoms in total. The molecule has 0 fully saturated rings. The van der Waals surface area contributed by atoms with Gasteiger partial charge in [-0.1, -0.05) is 202 Å². The highest BCUT2D eigenvalue weighted by Crippen LogP contribution is 2.58. The maximum absolute atomic E-state index is 6.56. The maximum Gasteiger partial charge on any atom is 0.143 e. The van der Waals surface area contributed by atoms with Gasteiger partial charge >= 0.3 is 0 Å². The van der Waals surface area contributed by atoms with Crippen LogP contribution in [-0.4, -0.2) is 0 Å². The van der Waals surface area contributed by atoms with Crippen molar-refractivity contribution in [1.29, 1.82) is 0 Å². The first kappa shape index (κ1) is 41.6. The van der Waals surface area contributed by atoms with E-state index in [1.54, 1.807) is 0 Å². The van der Waals surface area contributed by atoms with Gasteiger partial charge in [-0.3, -0.25) is 0 Å². The summed E-state index contributed by atoms with van der Waals surface area (Å²) in [5.41, 5.74) is 23.3. The van der Waals surface area contributed by atoms with E-state index in [9.17, 15) is 0 Å². The van der Waals surface area contributed by atoms with Crippen LogP contribution in [0.1, 0.15) is 47.2 Å². The Morgan fingerprint density at radius 1 is 0.301 bits per heavy atom. The lowest BCUT2D eigenvalue weighted by atomic mass is 9.67. The van der Waals surface area contributed by atoms with Crippen LogP contribution in [0.25, 0.3) is 88.4 Å². The molecule has 2 aromatic heterocycles. The van der Waals surface area contributed by atoms with E-state index in [0.717, 1.165) is 83.2 Å². The van der Waals surface area contributed by atoms with Crippen LogP contribution >= 0.6 is 0 Å². The maximum atomic E-state index is 6.56. The predicted octanol–water partition coefficient (Wildman–Crippen LogP) is 19.0. The van der Waals surface area contributed by atoms with Gasteiger partial charge < -0.3 is 13.7 Å². The summed E-state index contributed by atoms with van der Waals surface area (Å²) < 4.78 is 12.9. The predicted molar refractivity (Wildman–Crippen MR) is 301 cm³/mol. The third kappa shape index (κ3) is 6.06. The fourth-order valence-corrected chi connectivity index (χ4v) is 12.7. The molecule has 15 rings (SSSR count). The zero-order valence-corrected chi connectivity index (χ0v) is 40.4. The molecule has 0 radical (unpaired) electrons. The topological polar surface area (TPSA) is 29.5 Å². The second kappa shape index (κ2) is 15.7. The van der Waals surface area contributed by atoms with Crippen molar-refractivity contribution in [2.45, 2.75) is 24.7 Å². The second-order valence-electron chi connectivity index (χ2n) is 20.3. The van der Waals surface area contributed by atoms with Crippen molar-refractivity contribution in [3.8, 4) is 44.5 Å². The number of para-hydroxylation sites is 3. The van der Waals surface area contributed by atoms with Gasteiger partial charge in [-0.25, -0.2) is 0 Å². The van der Waals surface area contributed by atoms with Crippen molar-refractivity contribution < 1.29 is 8.83 Å². The van der Waals surface area contributed by atoms with Crippen LogP contribution in [0.4, 0.5) is 17.1 Å². The Labute approximate surface area is 423 Å². The van der Waals surface area contributed by atoms with Crippen LogP contribution < -0.4 is 4.90 Å². The summed E-state index contributed by atoms with van der Waals surface area (Å²) in [6.07, 6.45) is 0. The molecule has 0 spiro atoms. The molecule has 11 aromatic carbocycles. The summed E-state index contributed by atoms with van der Waals surface area (Å²) in [4.78, 5) is 2.46. The molecular weight excluding hydrogens is 887 g/mol. The normalized spacial score (nSPS) is 15.2. The van der Waals surface area contributed by atoms with Gasteiger partial charge in [-0.2, -0.15) is 0 Å². The summed E-state index contributed by atoms with van der Waals surface area (Å²) in [5, 5.41) is 4.53. The Bertz CT molecular complexity index is 4350. The number of rotatable bonds is 7. The molecule has 0 N–H and O–H groups in total. The Morgan fingerprint density at radius 3 is 1.56 bits per heavy atom. The van der Waals surface area contributed by atoms with Crippen LogP contribution in [0.3, 0.4) is 0 Å². The molecule has 13 aromatic rings. The van der Waals surface area contributed by atoms with Crippen molar-refractivity contribution in [3.63, 3.8) is 0 Å². The summed E-state index contributed by atoms with van der Waals surface area (Å²) in [5.74, 6) is 0. The van der Waals surface area contributed by atoms with Crippen LogP contribution in [-0.2, 0) is 10.8 Å². The standard InChI is InChI=1S/C70H47NO2/c1-69(2)61-23-10-6-17-53(61)55-39-36-50(42-63(55)69)71(49-34-29-44(30-35-49)46-31-38-59-57-19-8-12-25-65(57)72-67(59)41-46)51-37-40-56-54-18-7-11-24-62(54)70(64(56)43-51,47-15-4-3-5-16-47)48-32-27-45(28-33-48)52-21-14-22-60-58-20-9-13-26-66(58)73-68(52)60/h3-43H,1-2H3. The minimum absolute atomic E-state index is 0.170. The monoisotopic (exact) mass is 933 g/mol. The molecule has 344 valence electrons. The molecule has 73 heavy (non-hydrogen) atoms. The number of furan rings is 2. The molecule has 1 atom stereocenters. The van der Waals surface area contributed by atoms with Crippen molar-refractivity contribution in [1.82, 2.24) is 0 Å². The van der Waals surface area contributed by atoms with Gasteiger partial charge in [-0.05, 0) is 133 Å². The fourth-order valence-electron chi connectivity index (χ4n) is 12.7. The van der Waals surface area contributed by atoms with E-state index >= 15 is 0 Å². The number of benzene rings is 11. The van der Waals surface area contributed by atoms with Gasteiger partial charge in [0, 0.05) is 49.6 Å². The van der Waals surface area contributed by atoms with Gasteiger partial charge in [0.15, 0.2) is 0 Å². The molecule has 1 unspecified atom stereocenters. The van der Waals surface area contributed by atoms with E-state index in [-0.39, 0.29) is 5.41 Å². The quantitative estimate of drug-likeness (QED) is 0.159. The molecular formula is C70H47NO2.